The summed E-state index contributed by atoms with van der Waals surface area (Å²) in [4.78, 5) is 24.8. The molecule has 5 heteroatoms. The third kappa shape index (κ3) is 4.81. The number of carboxylic acids is 2. The Balaban J connectivity index is 3.18. The summed E-state index contributed by atoms with van der Waals surface area (Å²) in [7, 11) is 0. The lowest BCUT2D eigenvalue weighted by Crippen LogP contribution is -2.60. The maximum absolute atomic E-state index is 11.5. The van der Waals surface area contributed by atoms with Crippen LogP contribution in [0.25, 0.3) is 0 Å². The van der Waals surface area contributed by atoms with Crippen LogP contribution >= 0.6 is 0 Å². The molecule has 24 heavy (non-hydrogen) atoms. The minimum atomic E-state index is -1.11. The van der Waals surface area contributed by atoms with Crippen LogP contribution in [0.2, 0.25) is 0 Å². The zero-order chi connectivity index (χ0) is 18.7. The van der Waals surface area contributed by atoms with Crippen LogP contribution in [-0.4, -0.2) is 44.7 Å². The minimum absolute atomic E-state index is 0.0197. The number of nitrogens with zero attached hydrogens (tertiary/aromatic N) is 1. The number of carbonyl (C=O) groups is 2. The molecule has 0 aromatic carbocycles. The van der Waals surface area contributed by atoms with Crippen molar-refractivity contribution in [2.75, 3.05) is 6.54 Å². The number of allylic oxidation sites excluding steroid dienone is 1. The zero-order valence-electron chi connectivity index (χ0n) is 15.3. The van der Waals surface area contributed by atoms with Crippen molar-refractivity contribution in [1.29, 1.82) is 0 Å². The molecule has 1 aliphatic heterocycles. The fourth-order valence-corrected chi connectivity index (χ4v) is 3.87. The van der Waals surface area contributed by atoms with E-state index in [0.29, 0.717) is 0 Å². The molecule has 0 spiro atoms. The Bertz CT molecular complexity index is 566. The SMILES string of the molecule is C=CCN1C(C)(C)CC(C=C(C=C(C)C(=O)O)C(=O)O)CC1(C)C. The highest BCUT2D eigenvalue weighted by Crippen LogP contribution is 2.42. The molecule has 134 valence electrons. The summed E-state index contributed by atoms with van der Waals surface area (Å²) in [5, 5.41) is 18.4. The first-order valence-electron chi connectivity index (χ1n) is 8.16. The Morgan fingerprint density at radius 3 is 2.00 bits per heavy atom. The van der Waals surface area contributed by atoms with E-state index in [0.717, 1.165) is 19.4 Å². The van der Waals surface area contributed by atoms with Crippen molar-refractivity contribution < 1.29 is 19.8 Å². The average molecular weight is 335 g/mol. The molecule has 1 aliphatic rings. The number of piperidine rings is 1. The van der Waals surface area contributed by atoms with E-state index in [4.69, 9.17) is 5.11 Å². The molecule has 0 saturated carbocycles. The van der Waals surface area contributed by atoms with Gasteiger partial charge in [-0.25, -0.2) is 9.59 Å². The van der Waals surface area contributed by atoms with Gasteiger partial charge in [0.15, 0.2) is 0 Å². The lowest BCUT2D eigenvalue weighted by molar-refractivity contribution is -0.132. The second kappa shape index (κ2) is 7.34. The van der Waals surface area contributed by atoms with Crippen LogP contribution in [0.5, 0.6) is 0 Å². The van der Waals surface area contributed by atoms with Gasteiger partial charge in [0.2, 0.25) is 0 Å². The number of likely N-dealkylation sites (tertiary alicyclic amines) is 1. The van der Waals surface area contributed by atoms with Gasteiger partial charge < -0.3 is 10.2 Å². The molecule has 0 unspecified atom stereocenters. The Labute approximate surface area is 144 Å². The first kappa shape index (κ1) is 20.2. The maximum Gasteiger partial charge on any atom is 0.335 e. The topological polar surface area (TPSA) is 77.8 Å². The molecule has 0 amide bonds. The fraction of sp³-hybridized carbons (Fsp3) is 0.579. The van der Waals surface area contributed by atoms with E-state index in [1.54, 1.807) is 6.08 Å². The molecule has 0 bridgehead atoms. The smallest absolute Gasteiger partial charge is 0.335 e. The number of hydrogen-bond donors (Lipinski definition) is 2. The zero-order valence-corrected chi connectivity index (χ0v) is 15.3. The molecule has 5 nitrogen and oxygen atoms in total. The molecule has 0 atom stereocenters. The van der Waals surface area contributed by atoms with Crippen molar-refractivity contribution in [1.82, 2.24) is 4.90 Å². The molecule has 1 heterocycles. The van der Waals surface area contributed by atoms with Crippen molar-refractivity contribution >= 4 is 11.9 Å². The van der Waals surface area contributed by atoms with Gasteiger partial charge in [-0.3, -0.25) is 4.90 Å². The van der Waals surface area contributed by atoms with Crippen molar-refractivity contribution in [3.05, 3.63) is 36.0 Å². The highest BCUT2D eigenvalue weighted by atomic mass is 16.4. The number of aliphatic carboxylic acids is 2. The second-order valence-electron chi connectivity index (χ2n) is 7.75. The van der Waals surface area contributed by atoms with Gasteiger partial charge in [0.25, 0.3) is 0 Å². The van der Waals surface area contributed by atoms with Gasteiger partial charge in [0, 0.05) is 23.2 Å². The van der Waals surface area contributed by atoms with Crippen molar-refractivity contribution in [2.45, 2.75) is 58.5 Å². The third-order valence-electron chi connectivity index (χ3n) is 4.67. The van der Waals surface area contributed by atoms with Gasteiger partial charge in [-0.05, 0) is 59.5 Å². The van der Waals surface area contributed by atoms with E-state index in [2.05, 4.69) is 39.2 Å². The van der Waals surface area contributed by atoms with Crippen molar-refractivity contribution in [3.8, 4) is 0 Å². The summed E-state index contributed by atoms with van der Waals surface area (Å²) >= 11 is 0. The molecule has 1 saturated heterocycles. The quantitative estimate of drug-likeness (QED) is 0.441. The largest absolute Gasteiger partial charge is 0.478 e. The normalized spacial score (nSPS) is 22.2. The van der Waals surface area contributed by atoms with Crippen LogP contribution in [0, 0.1) is 5.92 Å². The lowest BCUT2D eigenvalue weighted by atomic mass is 9.73. The summed E-state index contributed by atoms with van der Waals surface area (Å²) in [5.74, 6) is -2.14. The van der Waals surface area contributed by atoms with Crippen LogP contribution < -0.4 is 0 Å². The highest BCUT2D eigenvalue weighted by Gasteiger charge is 2.44. The number of carboxylic acid groups (broad SMARTS) is 2. The van der Waals surface area contributed by atoms with E-state index >= 15 is 0 Å². The summed E-state index contributed by atoms with van der Waals surface area (Å²) in [6, 6.07) is 0. The summed E-state index contributed by atoms with van der Waals surface area (Å²) in [5.41, 5.74) is -0.145. The van der Waals surface area contributed by atoms with E-state index in [1.807, 2.05) is 6.08 Å². The van der Waals surface area contributed by atoms with Crippen LogP contribution in [0.15, 0.2) is 36.0 Å². The maximum atomic E-state index is 11.5. The second-order valence-corrected chi connectivity index (χ2v) is 7.75. The van der Waals surface area contributed by atoms with E-state index in [-0.39, 0.29) is 28.1 Å². The first-order chi connectivity index (χ1) is 10.9. The summed E-state index contributed by atoms with van der Waals surface area (Å²) in [6.07, 6.45) is 6.45. The van der Waals surface area contributed by atoms with Gasteiger partial charge in [-0.2, -0.15) is 0 Å². The van der Waals surface area contributed by atoms with Crippen molar-refractivity contribution in [3.63, 3.8) is 0 Å². The first-order valence-corrected chi connectivity index (χ1v) is 8.16. The summed E-state index contributed by atoms with van der Waals surface area (Å²) < 4.78 is 0. The van der Waals surface area contributed by atoms with Gasteiger partial charge in [-0.15, -0.1) is 6.58 Å². The molecule has 0 aromatic rings. The molecule has 0 aliphatic carbocycles. The Hall–Kier alpha value is -1.88. The number of rotatable bonds is 6. The van der Waals surface area contributed by atoms with Gasteiger partial charge in [0.1, 0.15) is 0 Å². The minimum Gasteiger partial charge on any atom is -0.478 e. The molecular formula is C19H29NO4. The third-order valence-corrected chi connectivity index (χ3v) is 4.67. The molecular weight excluding hydrogens is 306 g/mol. The predicted octanol–water partition coefficient (Wildman–Crippen LogP) is 3.48. The monoisotopic (exact) mass is 335 g/mol. The molecule has 2 N–H and O–H groups in total. The van der Waals surface area contributed by atoms with Gasteiger partial charge in [-0.1, -0.05) is 12.2 Å². The predicted molar refractivity (Wildman–Crippen MR) is 94.9 cm³/mol. The molecule has 0 radical (unpaired) electrons. The Morgan fingerprint density at radius 2 is 1.62 bits per heavy atom. The number of hydrogen-bond acceptors (Lipinski definition) is 3. The van der Waals surface area contributed by atoms with Gasteiger partial charge >= 0.3 is 11.9 Å². The average Bonchev–Trinajstić information content (AvgIpc) is 2.40. The van der Waals surface area contributed by atoms with Crippen molar-refractivity contribution in [2.24, 2.45) is 5.92 Å². The van der Waals surface area contributed by atoms with E-state index in [9.17, 15) is 14.7 Å². The van der Waals surface area contributed by atoms with Gasteiger partial charge in [0.05, 0.1) is 5.57 Å². The Morgan fingerprint density at radius 1 is 1.12 bits per heavy atom. The standard InChI is InChI=1S/C19H29NO4/c1-7-8-20-18(3,4)11-14(12-19(20,5)6)10-15(17(23)24)9-13(2)16(21)22/h7,9-10,14H,1,8,11-12H2,2-6H3,(H,21,22)(H,23,24). The summed E-state index contributed by atoms with van der Waals surface area (Å²) in [6.45, 7) is 14.6. The van der Waals surface area contributed by atoms with Crippen LogP contribution in [-0.2, 0) is 9.59 Å². The molecule has 0 aromatic heterocycles. The van der Waals surface area contributed by atoms with E-state index < -0.39 is 11.9 Å². The van der Waals surface area contributed by atoms with Crippen LogP contribution in [0.1, 0.15) is 47.5 Å². The molecule has 1 fully saturated rings. The highest BCUT2D eigenvalue weighted by molar-refractivity contribution is 5.94. The fourth-order valence-electron chi connectivity index (χ4n) is 3.87. The Kier molecular flexibility index (Phi) is 6.17. The van der Waals surface area contributed by atoms with Crippen LogP contribution in [0.3, 0.4) is 0 Å². The molecule has 1 rings (SSSR count). The lowest BCUT2D eigenvalue weighted by Gasteiger charge is -2.55. The van der Waals surface area contributed by atoms with Crippen LogP contribution in [0.4, 0.5) is 0 Å². The van der Waals surface area contributed by atoms with E-state index in [1.165, 1.54) is 13.0 Å².